The van der Waals surface area contributed by atoms with Crippen molar-refractivity contribution in [3.63, 3.8) is 0 Å². The van der Waals surface area contributed by atoms with E-state index < -0.39 is 0 Å². The summed E-state index contributed by atoms with van der Waals surface area (Å²) in [5.74, 6) is 1.02. The third kappa shape index (κ3) is 5.90. The average molecular weight is 239 g/mol. The van der Waals surface area contributed by atoms with E-state index in [0.717, 1.165) is 18.0 Å². The van der Waals surface area contributed by atoms with Crippen molar-refractivity contribution < 1.29 is 0 Å². The molecule has 1 unspecified atom stereocenters. The van der Waals surface area contributed by atoms with Crippen LogP contribution in [0.25, 0.3) is 0 Å². The number of hydrogen-bond donors (Lipinski definition) is 1. The highest BCUT2D eigenvalue weighted by molar-refractivity contribution is 4.77. The quantitative estimate of drug-likeness (QED) is 0.635. The Bertz CT molecular complexity index is 168. The molecule has 1 fully saturated rings. The first kappa shape index (κ1) is 15.0. The summed E-state index contributed by atoms with van der Waals surface area (Å²) < 4.78 is 0. The normalized spacial score (nSPS) is 19.8. The topological polar surface area (TPSA) is 12.0 Å². The van der Waals surface area contributed by atoms with Gasteiger partial charge < -0.3 is 5.32 Å². The molecule has 1 rings (SSSR count). The molecule has 0 saturated heterocycles. The summed E-state index contributed by atoms with van der Waals surface area (Å²) >= 11 is 0. The Morgan fingerprint density at radius 2 is 1.59 bits per heavy atom. The molecule has 0 amide bonds. The number of nitrogens with one attached hydrogen (secondary N) is 1. The summed E-state index contributed by atoms with van der Waals surface area (Å²) in [6.45, 7) is 6.94. The largest absolute Gasteiger partial charge is 0.311 e. The number of rotatable bonds is 8. The van der Waals surface area contributed by atoms with Crippen LogP contribution in [0.5, 0.6) is 0 Å². The van der Waals surface area contributed by atoms with Crippen LogP contribution in [0, 0.1) is 5.92 Å². The standard InChI is InChI=1S/C16H33N/c1-4-10-16(17-15(5-2)6-3)13-14-11-8-7-9-12-14/h14-17H,4-13H2,1-3H3. The van der Waals surface area contributed by atoms with Crippen LogP contribution in [0.1, 0.15) is 85.0 Å². The highest BCUT2D eigenvalue weighted by atomic mass is 14.9. The van der Waals surface area contributed by atoms with Gasteiger partial charge in [-0.15, -0.1) is 0 Å². The van der Waals surface area contributed by atoms with E-state index in [-0.39, 0.29) is 0 Å². The Hall–Kier alpha value is -0.0400. The van der Waals surface area contributed by atoms with Crippen LogP contribution in [-0.4, -0.2) is 12.1 Å². The van der Waals surface area contributed by atoms with E-state index in [1.54, 1.807) is 0 Å². The fourth-order valence-corrected chi connectivity index (χ4v) is 3.30. The van der Waals surface area contributed by atoms with Crippen LogP contribution >= 0.6 is 0 Å². The maximum atomic E-state index is 3.90. The predicted molar refractivity (Wildman–Crippen MR) is 77.4 cm³/mol. The molecule has 0 radical (unpaired) electrons. The van der Waals surface area contributed by atoms with Gasteiger partial charge in [0.2, 0.25) is 0 Å². The molecule has 0 bridgehead atoms. The van der Waals surface area contributed by atoms with E-state index in [2.05, 4.69) is 26.1 Å². The van der Waals surface area contributed by atoms with Crippen molar-refractivity contribution in [2.45, 2.75) is 97.1 Å². The van der Waals surface area contributed by atoms with Crippen molar-refractivity contribution in [1.82, 2.24) is 5.32 Å². The molecule has 17 heavy (non-hydrogen) atoms. The summed E-state index contributed by atoms with van der Waals surface area (Å²) in [4.78, 5) is 0. The third-order valence-electron chi connectivity index (χ3n) is 4.44. The summed E-state index contributed by atoms with van der Waals surface area (Å²) in [6.07, 6.45) is 14.1. The lowest BCUT2D eigenvalue weighted by Crippen LogP contribution is -2.39. The van der Waals surface area contributed by atoms with Gasteiger partial charge in [-0.1, -0.05) is 59.3 Å². The first-order valence-electron chi connectivity index (χ1n) is 8.06. The molecule has 1 atom stereocenters. The van der Waals surface area contributed by atoms with E-state index >= 15 is 0 Å². The van der Waals surface area contributed by atoms with Crippen molar-refractivity contribution in [3.05, 3.63) is 0 Å². The lowest BCUT2D eigenvalue weighted by atomic mass is 9.84. The molecule has 1 heteroatoms. The van der Waals surface area contributed by atoms with Gasteiger partial charge in [-0.2, -0.15) is 0 Å². The second-order valence-electron chi connectivity index (χ2n) is 5.91. The Labute approximate surface area is 109 Å². The lowest BCUT2D eigenvalue weighted by Gasteiger charge is -2.29. The Morgan fingerprint density at radius 1 is 0.941 bits per heavy atom. The molecule has 1 aliphatic rings. The van der Waals surface area contributed by atoms with Crippen LogP contribution in [0.2, 0.25) is 0 Å². The van der Waals surface area contributed by atoms with E-state index in [1.165, 1.54) is 64.2 Å². The smallest absolute Gasteiger partial charge is 0.00721 e. The zero-order valence-electron chi connectivity index (χ0n) is 12.3. The minimum Gasteiger partial charge on any atom is -0.311 e. The monoisotopic (exact) mass is 239 g/mol. The molecular formula is C16H33N. The summed E-state index contributed by atoms with van der Waals surface area (Å²) in [5.41, 5.74) is 0. The molecule has 1 nitrogen and oxygen atoms in total. The summed E-state index contributed by atoms with van der Waals surface area (Å²) in [5, 5.41) is 3.90. The SMILES string of the molecule is CCCC(CC1CCCCC1)NC(CC)CC. The van der Waals surface area contributed by atoms with Gasteiger partial charge in [-0.25, -0.2) is 0 Å². The maximum Gasteiger partial charge on any atom is 0.00721 e. The maximum absolute atomic E-state index is 3.90. The van der Waals surface area contributed by atoms with E-state index in [0.29, 0.717) is 0 Å². The number of hydrogen-bond acceptors (Lipinski definition) is 1. The van der Waals surface area contributed by atoms with Crippen LogP contribution in [0.15, 0.2) is 0 Å². The van der Waals surface area contributed by atoms with Crippen LogP contribution < -0.4 is 5.32 Å². The van der Waals surface area contributed by atoms with Gasteiger partial charge in [0.15, 0.2) is 0 Å². The van der Waals surface area contributed by atoms with Crippen molar-refractivity contribution in [2.75, 3.05) is 0 Å². The first-order valence-corrected chi connectivity index (χ1v) is 8.06. The predicted octanol–water partition coefficient (Wildman–Crippen LogP) is 4.90. The van der Waals surface area contributed by atoms with E-state index in [9.17, 15) is 0 Å². The second kappa shape index (κ2) is 8.97. The average Bonchev–Trinajstić information content (AvgIpc) is 2.37. The molecule has 1 saturated carbocycles. The Balaban J connectivity index is 2.35. The molecule has 0 spiro atoms. The molecule has 0 heterocycles. The molecule has 0 aromatic heterocycles. The zero-order valence-corrected chi connectivity index (χ0v) is 12.3. The van der Waals surface area contributed by atoms with Crippen molar-refractivity contribution in [2.24, 2.45) is 5.92 Å². The fourth-order valence-electron chi connectivity index (χ4n) is 3.30. The molecule has 0 aromatic carbocycles. The van der Waals surface area contributed by atoms with Gasteiger partial charge in [0, 0.05) is 12.1 Å². The van der Waals surface area contributed by atoms with Crippen molar-refractivity contribution in [1.29, 1.82) is 0 Å². The van der Waals surface area contributed by atoms with Gasteiger partial charge in [0.25, 0.3) is 0 Å². The van der Waals surface area contributed by atoms with Crippen molar-refractivity contribution in [3.8, 4) is 0 Å². The molecule has 102 valence electrons. The minimum atomic E-state index is 0.746. The highest BCUT2D eigenvalue weighted by Crippen LogP contribution is 2.28. The first-order chi connectivity index (χ1) is 8.30. The summed E-state index contributed by atoms with van der Waals surface area (Å²) in [7, 11) is 0. The fraction of sp³-hybridized carbons (Fsp3) is 1.00. The van der Waals surface area contributed by atoms with Crippen LogP contribution in [-0.2, 0) is 0 Å². The summed E-state index contributed by atoms with van der Waals surface area (Å²) in [6, 6.07) is 1.53. The molecular weight excluding hydrogens is 206 g/mol. The molecule has 1 N–H and O–H groups in total. The molecule has 1 aliphatic carbocycles. The highest BCUT2D eigenvalue weighted by Gasteiger charge is 2.19. The van der Waals surface area contributed by atoms with Crippen LogP contribution in [0.4, 0.5) is 0 Å². The van der Waals surface area contributed by atoms with E-state index in [4.69, 9.17) is 0 Å². The van der Waals surface area contributed by atoms with Gasteiger partial charge >= 0.3 is 0 Å². The zero-order chi connectivity index (χ0) is 12.5. The molecule has 0 aliphatic heterocycles. The molecule has 0 aromatic rings. The van der Waals surface area contributed by atoms with Gasteiger partial charge in [0.05, 0.1) is 0 Å². The second-order valence-corrected chi connectivity index (χ2v) is 5.91. The van der Waals surface area contributed by atoms with Gasteiger partial charge in [0.1, 0.15) is 0 Å². The van der Waals surface area contributed by atoms with Gasteiger partial charge in [-0.05, 0) is 31.6 Å². The van der Waals surface area contributed by atoms with Gasteiger partial charge in [-0.3, -0.25) is 0 Å². The van der Waals surface area contributed by atoms with Crippen molar-refractivity contribution >= 4 is 0 Å². The Kier molecular flexibility index (Phi) is 7.92. The lowest BCUT2D eigenvalue weighted by molar-refractivity contribution is 0.272. The van der Waals surface area contributed by atoms with Crippen LogP contribution in [0.3, 0.4) is 0 Å². The minimum absolute atomic E-state index is 0.746. The van der Waals surface area contributed by atoms with E-state index in [1.807, 2.05) is 0 Å². The Morgan fingerprint density at radius 3 is 2.12 bits per heavy atom. The third-order valence-corrected chi connectivity index (χ3v) is 4.44.